The zero-order chi connectivity index (χ0) is 37.7. The van der Waals surface area contributed by atoms with E-state index in [1.54, 1.807) is 6.08 Å². The van der Waals surface area contributed by atoms with E-state index in [0.717, 1.165) is 28.7 Å². The van der Waals surface area contributed by atoms with Crippen molar-refractivity contribution in [2.45, 2.75) is 118 Å². The third-order valence-electron chi connectivity index (χ3n) is 8.85. The van der Waals surface area contributed by atoms with Crippen LogP contribution in [0.4, 0.5) is 0 Å². The van der Waals surface area contributed by atoms with Crippen LogP contribution in [-0.4, -0.2) is 68.3 Å². The Balaban J connectivity index is 1.68. The molecule has 0 radical (unpaired) electrons. The number of hydrogen-bond acceptors (Lipinski definition) is 10. The average molecular weight is 707 g/mol. The number of esters is 3. The molecule has 10 heteroatoms. The van der Waals surface area contributed by atoms with Gasteiger partial charge in [-0.25, -0.2) is 0 Å². The highest BCUT2D eigenvalue weighted by Gasteiger charge is 2.52. The van der Waals surface area contributed by atoms with E-state index in [9.17, 15) is 19.2 Å². The summed E-state index contributed by atoms with van der Waals surface area (Å²) in [6, 6.07) is 7.40. The van der Waals surface area contributed by atoms with Gasteiger partial charge in [-0.3, -0.25) is 19.2 Å². The molecule has 1 aliphatic carbocycles. The van der Waals surface area contributed by atoms with Gasteiger partial charge in [-0.15, -0.1) is 0 Å². The molecule has 1 fully saturated rings. The molecule has 5 atom stereocenters. The first-order valence-corrected chi connectivity index (χ1v) is 17.4. The number of ether oxygens (including phenoxy) is 6. The highest BCUT2D eigenvalue weighted by Crippen LogP contribution is 2.40. The Bertz CT molecular complexity index is 1540. The molecular weight excluding hydrogens is 652 g/mol. The smallest absolute Gasteiger partial charge is 0.303 e. The molecule has 0 saturated carbocycles. The monoisotopic (exact) mass is 706 g/mol. The molecule has 3 rings (SSSR count). The Morgan fingerprint density at radius 3 is 2.06 bits per heavy atom. The Labute approximate surface area is 302 Å². The van der Waals surface area contributed by atoms with Crippen molar-refractivity contribution in [3.05, 3.63) is 94.1 Å². The van der Waals surface area contributed by atoms with Gasteiger partial charge in [0.15, 0.2) is 24.1 Å². The second-order valence-electron chi connectivity index (χ2n) is 13.9. The van der Waals surface area contributed by atoms with Crippen LogP contribution in [0.1, 0.15) is 85.8 Å². The molecule has 1 aliphatic heterocycles. The van der Waals surface area contributed by atoms with E-state index in [1.165, 1.54) is 51.9 Å². The number of benzene rings is 1. The first-order chi connectivity index (χ1) is 24.1. The molecule has 1 aromatic carbocycles. The van der Waals surface area contributed by atoms with Crippen LogP contribution in [0.2, 0.25) is 0 Å². The predicted octanol–water partition coefficient (Wildman–Crippen LogP) is 7.01. The third kappa shape index (κ3) is 13.2. The number of carbonyl (C=O) groups excluding carboxylic acids is 4. The Morgan fingerprint density at radius 2 is 1.45 bits per heavy atom. The van der Waals surface area contributed by atoms with Gasteiger partial charge in [-0.2, -0.15) is 0 Å². The SMILES string of the molecule is COCOC1O[C@@H](Cc2ccc(CC(=O)/C=C(C)/C=C/C=C(C)/C=C/C3=C(C)CCCC3(C)C)cc2)C(OC(C)=O)C(OC(C)=O)[C@@H]1OC(C)=O. The molecule has 10 nitrogen and oxygen atoms in total. The van der Waals surface area contributed by atoms with Crippen LogP contribution in [0.25, 0.3) is 0 Å². The Morgan fingerprint density at radius 1 is 0.843 bits per heavy atom. The molecule has 0 N–H and O–H groups in total. The maximum absolute atomic E-state index is 12.9. The maximum atomic E-state index is 12.9. The Hall–Kier alpha value is -4.12. The molecule has 2 aliphatic rings. The van der Waals surface area contributed by atoms with Gasteiger partial charge >= 0.3 is 17.9 Å². The summed E-state index contributed by atoms with van der Waals surface area (Å²) in [4.78, 5) is 49.0. The van der Waals surface area contributed by atoms with Crippen LogP contribution >= 0.6 is 0 Å². The van der Waals surface area contributed by atoms with Crippen LogP contribution in [0.15, 0.2) is 83.0 Å². The second-order valence-corrected chi connectivity index (χ2v) is 13.9. The fraction of sp³-hybridized carbons (Fsp3) is 0.512. The lowest BCUT2D eigenvalue weighted by atomic mass is 9.72. The van der Waals surface area contributed by atoms with Gasteiger partial charge in [0.25, 0.3) is 0 Å². The zero-order valence-corrected chi connectivity index (χ0v) is 31.5. The number of ketones is 1. The van der Waals surface area contributed by atoms with Gasteiger partial charge in [0.1, 0.15) is 12.9 Å². The van der Waals surface area contributed by atoms with Crippen molar-refractivity contribution in [2.75, 3.05) is 13.9 Å². The van der Waals surface area contributed by atoms with Gasteiger partial charge in [0, 0.05) is 40.7 Å². The van der Waals surface area contributed by atoms with Crippen molar-refractivity contribution >= 4 is 23.7 Å². The van der Waals surface area contributed by atoms with Gasteiger partial charge < -0.3 is 28.4 Å². The first-order valence-electron chi connectivity index (χ1n) is 17.4. The molecule has 0 amide bonds. The van der Waals surface area contributed by atoms with Crippen molar-refractivity contribution < 1.29 is 47.6 Å². The minimum Gasteiger partial charge on any atom is -0.456 e. The van der Waals surface area contributed by atoms with Crippen LogP contribution in [0.3, 0.4) is 0 Å². The number of hydrogen-bond donors (Lipinski definition) is 0. The van der Waals surface area contributed by atoms with Gasteiger partial charge in [-0.1, -0.05) is 79.6 Å². The summed E-state index contributed by atoms with van der Waals surface area (Å²) in [7, 11) is 1.42. The molecule has 1 aromatic rings. The van der Waals surface area contributed by atoms with E-state index < -0.39 is 48.6 Å². The summed E-state index contributed by atoms with van der Waals surface area (Å²) in [5, 5.41) is 0. The predicted molar refractivity (Wildman–Crippen MR) is 193 cm³/mol. The van der Waals surface area contributed by atoms with Gasteiger partial charge in [0.2, 0.25) is 6.29 Å². The average Bonchev–Trinajstić information content (AvgIpc) is 3.02. The fourth-order valence-electron chi connectivity index (χ4n) is 6.50. The van der Waals surface area contributed by atoms with E-state index in [0.29, 0.717) is 0 Å². The van der Waals surface area contributed by atoms with Gasteiger partial charge in [-0.05, 0) is 73.8 Å². The lowest BCUT2D eigenvalue weighted by Gasteiger charge is -2.44. The van der Waals surface area contributed by atoms with E-state index in [1.807, 2.05) is 49.4 Å². The minimum atomic E-state index is -1.22. The molecule has 0 aromatic heterocycles. The van der Waals surface area contributed by atoms with Crippen molar-refractivity contribution in [1.29, 1.82) is 0 Å². The summed E-state index contributed by atoms with van der Waals surface area (Å²) >= 11 is 0. The molecule has 51 heavy (non-hydrogen) atoms. The second kappa shape index (κ2) is 19.5. The summed E-state index contributed by atoms with van der Waals surface area (Å²) in [5.74, 6) is -2.00. The molecule has 1 saturated heterocycles. The summed E-state index contributed by atoms with van der Waals surface area (Å²) in [5.41, 5.74) is 6.70. The van der Waals surface area contributed by atoms with Gasteiger partial charge in [0.05, 0.1) is 0 Å². The number of allylic oxidation sites excluding steroid dienone is 10. The van der Waals surface area contributed by atoms with Crippen LogP contribution in [0.5, 0.6) is 0 Å². The molecule has 0 spiro atoms. The largest absolute Gasteiger partial charge is 0.456 e. The van der Waals surface area contributed by atoms with Crippen molar-refractivity contribution in [1.82, 2.24) is 0 Å². The fourth-order valence-corrected chi connectivity index (χ4v) is 6.50. The Kier molecular flexibility index (Phi) is 15.8. The lowest BCUT2D eigenvalue weighted by molar-refractivity contribution is -0.316. The number of methoxy groups -OCH3 is 1. The highest BCUT2D eigenvalue weighted by atomic mass is 16.8. The quantitative estimate of drug-likeness (QED) is 0.0619. The first kappa shape index (κ1) is 41.3. The van der Waals surface area contributed by atoms with Crippen LogP contribution < -0.4 is 0 Å². The van der Waals surface area contributed by atoms with E-state index in [2.05, 4.69) is 39.8 Å². The molecule has 3 unspecified atom stereocenters. The zero-order valence-electron chi connectivity index (χ0n) is 31.5. The molecule has 1 heterocycles. The van der Waals surface area contributed by atoms with E-state index >= 15 is 0 Å². The van der Waals surface area contributed by atoms with E-state index in [4.69, 9.17) is 28.4 Å². The van der Waals surface area contributed by atoms with Crippen molar-refractivity contribution in [3.63, 3.8) is 0 Å². The lowest BCUT2D eigenvalue weighted by Crippen LogP contribution is -2.62. The molecule has 0 bridgehead atoms. The van der Waals surface area contributed by atoms with Crippen molar-refractivity contribution in [2.24, 2.45) is 5.41 Å². The van der Waals surface area contributed by atoms with Crippen LogP contribution in [-0.2, 0) is 60.4 Å². The number of rotatable bonds is 15. The van der Waals surface area contributed by atoms with Crippen molar-refractivity contribution in [3.8, 4) is 0 Å². The van der Waals surface area contributed by atoms with Crippen LogP contribution in [0, 0.1) is 5.41 Å². The third-order valence-corrected chi connectivity index (χ3v) is 8.85. The molecular formula is C41H54O10. The highest BCUT2D eigenvalue weighted by molar-refractivity contribution is 5.92. The summed E-state index contributed by atoms with van der Waals surface area (Å²) in [6.45, 7) is 14.2. The maximum Gasteiger partial charge on any atom is 0.303 e. The topological polar surface area (TPSA) is 124 Å². The van der Waals surface area contributed by atoms with E-state index in [-0.39, 0.29) is 30.8 Å². The standard InChI is InChI=1S/C41H54O10/c1-26(15-20-35-28(3)14-11-21-41(35,7)8)12-10-13-27(2)22-34(45)23-32-16-18-33(19-17-32)24-36-37(48-29(4)42)38(49-30(5)43)39(50-31(6)44)40(51-36)47-25-46-9/h10,12-13,15-20,22,36-40H,11,14,21,23-25H2,1-9H3/b13-10+,20-15+,26-12+,27-22+/t36-,37?,38?,39-,40?/m0/s1. The summed E-state index contributed by atoms with van der Waals surface area (Å²) in [6.07, 6.45) is 10.5. The number of carbonyl (C=O) groups is 4. The normalized spacial score (nSPS) is 24.1. The molecule has 278 valence electrons. The summed E-state index contributed by atoms with van der Waals surface area (Å²) < 4.78 is 33.3. The minimum absolute atomic E-state index is 0.0307.